The smallest absolute Gasteiger partial charge is 0.319 e. The molecule has 0 aromatic heterocycles. The van der Waals surface area contributed by atoms with Gasteiger partial charge in [-0.3, -0.25) is 0 Å². The Hall–Kier alpha value is -0.780. The fourth-order valence-corrected chi connectivity index (χ4v) is 3.17. The molecular weight excluding hydrogens is 354 g/mol. The summed E-state index contributed by atoms with van der Waals surface area (Å²) in [6.45, 7) is 4.12. The fourth-order valence-electron chi connectivity index (χ4n) is 2.44. The van der Waals surface area contributed by atoms with E-state index in [0.717, 1.165) is 17.4 Å². The van der Waals surface area contributed by atoms with E-state index in [1.165, 1.54) is 32.4 Å². The normalized spacial score (nSPS) is 15.7. The number of piperidine rings is 1. The molecule has 2 N–H and O–H groups in total. The molecule has 0 spiro atoms. The summed E-state index contributed by atoms with van der Waals surface area (Å²) in [5.74, 6) is 0. The number of rotatable bonds is 5. The van der Waals surface area contributed by atoms with Gasteiger partial charge in [0, 0.05) is 11.0 Å². The van der Waals surface area contributed by atoms with E-state index in [1.807, 2.05) is 6.07 Å². The van der Waals surface area contributed by atoms with E-state index >= 15 is 0 Å². The van der Waals surface area contributed by atoms with Crippen LogP contribution in [-0.4, -0.2) is 37.1 Å². The first-order chi connectivity index (χ1) is 10.1. The number of benzene rings is 1. The van der Waals surface area contributed by atoms with Gasteiger partial charge in [0.2, 0.25) is 0 Å². The van der Waals surface area contributed by atoms with Gasteiger partial charge in [0.15, 0.2) is 0 Å². The van der Waals surface area contributed by atoms with Crippen molar-refractivity contribution in [2.24, 2.45) is 0 Å². The number of carbonyl (C=O) groups is 1. The molecule has 4 nitrogen and oxygen atoms in total. The van der Waals surface area contributed by atoms with E-state index in [2.05, 4.69) is 31.5 Å². The van der Waals surface area contributed by atoms with Gasteiger partial charge in [0.05, 0.1) is 10.7 Å². The van der Waals surface area contributed by atoms with Crippen LogP contribution in [0.1, 0.15) is 25.7 Å². The van der Waals surface area contributed by atoms with Crippen molar-refractivity contribution in [1.29, 1.82) is 0 Å². The third kappa shape index (κ3) is 5.85. The second-order valence-corrected chi connectivity index (χ2v) is 6.58. The highest BCUT2D eigenvalue weighted by Crippen LogP contribution is 2.25. The summed E-state index contributed by atoms with van der Waals surface area (Å²) in [7, 11) is 0. The molecule has 21 heavy (non-hydrogen) atoms. The molecule has 1 aliphatic heterocycles. The van der Waals surface area contributed by atoms with Gasteiger partial charge in [0.1, 0.15) is 0 Å². The van der Waals surface area contributed by atoms with Gasteiger partial charge in [-0.2, -0.15) is 0 Å². The highest BCUT2D eigenvalue weighted by atomic mass is 79.9. The predicted molar refractivity (Wildman–Crippen MR) is 91.1 cm³/mol. The van der Waals surface area contributed by atoms with E-state index in [4.69, 9.17) is 11.6 Å². The molecule has 0 atom stereocenters. The van der Waals surface area contributed by atoms with Gasteiger partial charge in [0.25, 0.3) is 0 Å². The number of likely N-dealkylation sites (tertiary alicyclic amines) is 1. The summed E-state index contributed by atoms with van der Waals surface area (Å²) in [4.78, 5) is 14.3. The Bertz CT molecular complexity index is 478. The molecular formula is C15H21BrClN3O. The maximum Gasteiger partial charge on any atom is 0.319 e. The lowest BCUT2D eigenvalue weighted by Crippen LogP contribution is -2.34. The van der Waals surface area contributed by atoms with Crippen LogP contribution >= 0.6 is 27.5 Å². The second kappa shape index (κ2) is 8.61. The van der Waals surface area contributed by atoms with E-state index in [-0.39, 0.29) is 6.03 Å². The van der Waals surface area contributed by atoms with Gasteiger partial charge >= 0.3 is 6.03 Å². The van der Waals surface area contributed by atoms with Crippen LogP contribution in [0.2, 0.25) is 5.02 Å². The standard InChI is InChI=1S/C15H21BrClN3O/c16-12-5-6-14(13(17)11-12)19-15(21)18-7-4-10-20-8-2-1-3-9-20/h5-6,11H,1-4,7-10H2,(H2,18,19,21). The summed E-state index contributed by atoms with van der Waals surface area (Å²) in [6.07, 6.45) is 4.93. The summed E-state index contributed by atoms with van der Waals surface area (Å²) < 4.78 is 0.889. The Kier molecular flexibility index (Phi) is 6.80. The minimum absolute atomic E-state index is 0.210. The van der Waals surface area contributed by atoms with Crippen LogP contribution in [0.4, 0.5) is 10.5 Å². The van der Waals surface area contributed by atoms with Crippen molar-refractivity contribution < 1.29 is 4.79 Å². The van der Waals surface area contributed by atoms with Crippen LogP contribution in [-0.2, 0) is 0 Å². The third-order valence-electron chi connectivity index (χ3n) is 3.56. The number of amides is 2. The number of nitrogens with one attached hydrogen (secondary N) is 2. The zero-order valence-corrected chi connectivity index (χ0v) is 14.3. The molecule has 0 saturated carbocycles. The summed E-state index contributed by atoms with van der Waals surface area (Å²) in [5.41, 5.74) is 0.619. The van der Waals surface area contributed by atoms with Crippen molar-refractivity contribution in [3.8, 4) is 0 Å². The van der Waals surface area contributed by atoms with Crippen LogP contribution in [0.5, 0.6) is 0 Å². The number of hydrogen-bond donors (Lipinski definition) is 2. The number of nitrogens with zero attached hydrogens (tertiary/aromatic N) is 1. The molecule has 0 radical (unpaired) electrons. The Morgan fingerprint density at radius 1 is 1.29 bits per heavy atom. The molecule has 0 aliphatic carbocycles. The Labute approximate surface area is 139 Å². The van der Waals surface area contributed by atoms with Crippen molar-refractivity contribution in [2.45, 2.75) is 25.7 Å². The van der Waals surface area contributed by atoms with Crippen LogP contribution < -0.4 is 10.6 Å². The molecule has 116 valence electrons. The molecule has 0 bridgehead atoms. The van der Waals surface area contributed by atoms with E-state index < -0.39 is 0 Å². The number of halogens is 2. The SMILES string of the molecule is O=C(NCCCN1CCCCC1)Nc1ccc(Br)cc1Cl. The lowest BCUT2D eigenvalue weighted by Gasteiger charge is -2.26. The molecule has 6 heteroatoms. The lowest BCUT2D eigenvalue weighted by atomic mass is 10.1. The predicted octanol–water partition coefficient (Wildman–Crippen LogP) is 4.10. The van der Waals surface area contributed by atoms with E-state index in [1.54, 1.807) is 12.1 Å². The Morgan fingerprint density at radius 2 is 2.05 bits per heavy atom. The first-order valence-corrected chi connectivity index (χ1v) is 8.54. The monoisotopic (exact) mass is 373 g/mol. The lowest BCUT2D eigenvalue weighted by molar-refractivity contribution is 0.224. The van der Waals surface area contributed by atoms with Crippen LogP contribution in [0, 0.1) is 0 Å². The van der Waals surface area contributed by atoms with Gasteiger partial charge < -0.3 is 15.5 Å². The van der Waals surface area contributed by atoms with Gasteiger partial charge in [-0.05, 0) is 57.1 Å². The van der Waals surface area contributed by atoms with Crippen molar-refractivity contribution in [3.63, 3.8) is 0 Å². The maximum absolute atomic E-state index is 11.8. The van der Waals surface area contributed by atoms with Crippen molar-refractivity contribution in [1.82, 2.24) is 10.2 Å². The summed E-state index contributed by atoms with van der Waals surface area (Å²) in [5, 5.41) is 6.15. The first-order valence-electron chi connectivity index (χ1n) is 7.37. The third-order valence-corrected chi connectivity index (χ3v) is 4.37. The van der Waals surface area contributed by atoms with Crippen LogP contribution in [0.15, 0.2) is 22.7 Å². The minimum atomic E-state index is -0.210. The second-order valence-electron chi connectivity index (χ2n) is 5.26. The fraction of sp³-hybridized carbons (Fsp3) is 0.533. The largest absolute Gasteiger partial charge is 0.338 e. The molecule has 0 unspecified atom stereocenters. The number of urea groups is 1. The molecule has 1 fully saturated rings. The zero-order valence-electron chi connectivity index (χ0n) is 12.0. The van der Waals surface area contributed by atoms with Crippen molar-refractivity contribution in [3.05, 3.63) is 27.7 Å². The number of anilines is 1. The first kappa shape index (κ1) is 16.6. The van der Waals surface area contributed by atoms with Crippen molar-refractivity contribution >= 4 is 39.2 Å². The van der Waals surface area contributed by atoms with Gasteiger partial charge in [-0.25, -0.2) is 4.79 Å². The summed E-state index contributed by atoms with van der Waals surface area (Å²) in [6, 6.07) is 5.17. The van der Waals surface area contributed by atoms with Crippen molar-refractivity contribution in [2.75, 3.05) is 31.5 Å². The van der Waals surface area contributed by atoms with E-state index in [0.29, 0.717) is 17.3 Å². The number of carbonyl (C=O) groups excluding carboxylic acids is 1. The quantitative estimate of drug-likeness (QED) is 0.762. The minimum Gasteiger partial charge on any atom is -0.338 e. The van der Waals surface area contributed by atoms with Crippen LogP contribution in [0.25, 0.3) is 0 Å². The molecule has 1 aromatic rings. The Balaban J connectivity index is 1.65. The average molecular weight is 375 g/mol. The highest BCUT2D eigenvalue weighted by Gasteiger charge is 2.09. The van der Waals surface area contributed by atoms with E-state index in [9.17, 15) is 4.79 Å². The van der Waals surface area contributed by atoms with Crippen LogP contribution in [0.3, 0.4) is 0 Å². The Morgan fingerprint density at radius 3 is 2.76 bits per heavy atom. The number of hydrogen-bond acceptors (Lipinski definition) is 2. The van der Waals surface area contributed by atoms with Gasteiger partial charge in [-0.15, -0.1) is 0 Å². The molecule has 1 aromatic carbocycles. The molecule has 1 aliphatic rings. The maximum atomic E-state index is 11.8. The highest BCUT2D eigenvalue weighted by molar-refractivity contribution is 9.10. The molecule has 2 rings (SSSR count). The summed E-state index contributed by atoms with van der Waals surface area (Å²) >= 11 is 9.39. The zero-order chi connectivity index (χ0) is 15.1. The molecule has 1 saturated heterocycles. The molecule has 2 amide bonds. The molecule has 1 heterocycles. The van der Waals surface area contributed by atoms with Gasteiger partial charge in [-0.1, -0.05) is 34.0 Å². The topological polar surface area (TPSA) is 44.4 Å². The average Bonchev–Trinajstić information content (AvgIpc) is 2.48.